The largest absolute Gasteiger partial charge is 0.351 e. The van der Waals surface area contributed by atoms with Gasteiger partial charge in [-0.1, -0.05) is 19.4 Å². The monoisotopic (exact) mass is 251 g/mol. The van der Waals surface area contributed by atoms with Crippen LogP contribution in [-0.4, -0.2) is 41.4 Å². The van der Waals surface area contributed by atoms with Crippen LogP contribution in [0.3, 0.4) is 0 Å². The lowest BCUT2D eigenvalue weighted by Crippen LogP contribution is -2.44. The summed E-state index contributed by atoms with van der Waals surface area (Å²) in [6, 6.07) is -0.352. The maximum absolute atomic E-state index is 12.2. The molecule has 1 spiro atoms. The Balaban J connectivity index is 1.93. The molecule has 1 saturated heterocycles. The van der Waals surface area contributed by atoms with E-state index in [1.807, 2.05) is 0 Å². The molecule has 1 heterocycles. The van der Waals surface area contributed by atoms with Crippen LogP contribution in [-0.2, 0) is 9.59 Å². The van der Waals surface area contributed by atoms with E-state index in [0.29, 0.717) is 12.8 Å². The molecule has 0 aromatic carbocycles. The van der Waals surface area contributed by atoms with E-state index in [9.17, 15) is 14.4 Å². The molecule has 2 aliphatic rings. The molecule has 4 amide bonds. The first-order valence-corrected chi connectivity index (χ1v) is 6.13. The van der Waals surface area contributed by atoms with Crippen molar-refractivity contribution < 1.29 is 14.4 Å². The van der Waals surface area contributed by atoms with Crippen molar-refractivity contribution in [2.75, 3.05) is 13.1 Å². The van der Waals surface area contributed by atoms with Gasteiger partial charge in [0.1, 0.15) is 5.54 Å². The van der Waals surface area contributed by atoms with Gasteiger partial charge >= 0.3 is 6.03 Å². The van der Waals surface area contributed by atoms with Gasteiger partial charge in [0.25, 0.3) is 5.91 Å². The highest BCUT2D eigenvalue weighted by atomic mass is 16.2. The highest BCUT2D eigenvalue weighted by Crippen LogP contribution is 2.34. The molecular formula is C12H17N3O3. The number of carbonyl (C=O) groups excluding carboxylic acids is 3. The second-order valence-corrected chi connectivity index (χ2v) is 4.67. The summed E-state index contributed by atoms with van der Waals surface area (Å²) < 4.78 is 0. The van der Waals surface area contributed by atoms with Gasteiger partial charge in [-0.25, -0.2) is 4.79 Å². The molecule has 0 bridgehead atoms. The highest BCUT2D eigenvalue weighted by molar-refractivity contribution is 6.07. The molecule has 0 aromatic heterocycles. The van der Waals surface area contributed by atoms with Crippen LogP contribution in [0.25, 0.3) is 0 Å². The summed E-state index contributed by atoms with van der Waals surface area (Å²) >= 11 is 0. The van der Waals surface area contributed by atoms with Crippen LogP contribution < -0.4 is 10.6 Å². The molecule has 2 fully saturated rings. The molecule has 1 saturated carbocycles. The van der Waals surface area contributed by atoms with Crippen LogP contribution in [0, 0.1) is 0 Å². The van der Waals surface area contributed by atoms with Gasteiger partial charge in [0.15, 0.2) is 0 Å². The van der Waals surface area contributed by atoms with Crippen LogP contribution in [0.1, 0.15) is 25.7 Å². The molecule has 0 unspecified atom stereocenters. The normalized spacial score (nSPS) is 21.2. The lowest BCUT2D eigenvalue weighted by molar-refractivity contribution is -0.131. The number of rotatable bonds is 4. The van der Waals surface area contributed by atoms with E-state index in [2.05, 4.69) is 17.2 Å². The fourth-order valence-corrected chi connectivity index (χ4v) is 2.56. The van der Waals surface area contributed by atoms with Crippen molar-refractivity contribution in [3.8, 4) is 0 Å². The van der Waals surface area contributed by atoms with Crippen molar-refractivity contribution >= 4 is 17.8 Å². The highest BCUT2D eigenvalue weighted by Gasteiger charge is 2.51. The number of nitrogens with one attached hydrogen (secondary N) is 2. The topological polar surface area (TPSA) is 78.5 Å². The number of hydrogen-bond acceptors (Lipinski definition) is 3. The zero-order valence-electron chi connectivity index (χ0n) is 10.2. The summed E-state index contributed by atoms with van der Waals surface area (Å²) in [5, 5.41) is 5.33. The van der Waals surface area contributed by atoms with Crippen LogP contribution in [0.2, 0.25) is 0 Å². The summed E-state index contributed by atoms with van der Waals surface area (Å²) in [6.07, 6.45) is 4.52. The number of carbonyl (C=O) groups is 3. The number of urea groups is 1. The third-order valence-electron chi connectivity index (χ3n) is 3.52. The molecule has 6 nitrogen and oxygen atoms in total. The van der Waals surface area contributed by atoms with Crippen molar-refractivity contribution in [2.24, 2.45) is 0 Å². The lowest BCUT2D eigenvalue weighted by Gasteiger charge is -2.19. The standard InChI is InChI=1S/C12H17N3O3/c1-2-9(16)13-7-8-15-10(17)12(14-11(15)18)5-3-4-6-12/h2H,1,3-8H2,(H,13,16)(H,14,18). The molecule has 18 heavy (non-hydrogen) atoms. The fourth-order valence-electron chi connectivity index (χ4n) is 2.56. The summed E-state index contributed by atoms with van der Waals surface area (Å²) in [5.74, 6) is -0.463. The predicted molar refractivity (Wildman–Crippen MR) is 64.7 cm³/mol. The Bertz CT molecular complexity index is 399. The van der Waals surface area contributed by atoms with Crippen molar-refractivity contribution in [1.82, 2.24) is 15.5 Å². The quantitative estimate of drug-likeness (QED) is 0.551. The predicted octanol–water partition coefficient (Wildman–Crippen LogP) is 0.153. The Labute approximate surface area is 105 Å². The van der Waals surface area contributed by atoms with Crippen molar-refractivity contribution in [3.05, 3.63) is 12.7 Å². The van der Waals surface area contributed by atoms with Crippen LogP contribution in [0.5, 0.6) is 0 Å². The molecule has 2 N–H and O–H groups in total. The van der Waals surface area contributed by atoms with Gasteiger partial charge in [-0.3, -0.25) is 14.5 Å². The Morgan fingerprint density at radius 2 is 2.11 bits per heavy atom. The summed E-state index contributed by atoms with van der Waals surface area (Å²) in [6.45, 7) is 3.78. The minimum absolute atomic E-state index is 0.155. The number of hydrogen-bond donors (Lipinski definition) is 2. The molecule has 98 valence electrons. The van der Waals surface area contributed by atoms with E-state index in [4.69, 9.17) is 0 Å². The number of imide groups is 1. The summed E-state index contributed by atoms with van der Waals surface area (Å²) in [4.78, 5) is 36.1. The third kappa shape index (κ3) is 2.10. The molecule has 2 rings (SSSR count). The molecule has 1 aliphatic carbocycles. The minimum atomic E-state index is -0.667. The second kappa shape index (κ2) is 4.80. The molecule has 0 aromatic rings. The van der Waals surface area contributed by atoms with Crippen molar-refractivity contribution in [3.63, 3.8) is 0 Å². The first-order chi connectivity index (χ1) is 8.59. The van der Waals surface area contributed by atoms with Gasteiger partial charge in [0, 0.05) is 13.1 Å². The molecular weight excluding hydrogens is 234 g/mol. The number of nitrogens with zero attached hydrogens (tertiary/aromatic N) is 1. The van der Waals surface area contributed by atoms with Crippen LogP contribution >= 0.6 is 0 Å². The van der Waals surface area contributed by atoms with E-state index < -0.39 is 5.54 Å². The zero-order valence-corrected chi connectivity index (χ0v) is 10.2. The van der Waals surface area contributed by atoms with E-state index in [1.165, 1.54) is 4.90 Å². The molecule has 1 aliphatic heterocycles. The van der Waals surface area contributed by atoms with Crippen molar-refractivity contribution in [2.45, 2.75) is 31.2 Å². The Kier molecular flexibility index (Phi) is 3.36. The van der Waals surface area contributed by atoms with Gasteiger partial charge in [-0.15, -0.1) is 0 Å². The second-order valence-electron chi connectivity index (χ2n) is 4.67. The minimum Gasteiger partial charge on any atom is -0.351 e. The maximum Gasteiger partial charge on any atom is 0.325 e. The zero-order chi connectivity index (χ0) is 13.2. The molecule has 0 radical (unpaired) electrons. The fraction of sp³-hybridized carbons (Fsp3) is 0.583. The Hall–Kier alpha value is -1.85. The first-order valence-electron chi connectivity index (χ1n) is 6.13. The lowest BCUT2D eigenvalue weighted by atomic mass is 9.98. The van der Waals surface area contributed by atoms with Crippen LogP contribution in [0.15, 0.2) is 12.7 Å². The number of amides is 4. The van der Waals surface area contributed by atoms with E-state index in [1.54, 1.807) is 0 Å². The SMILES string of the molecule is C=CC(=O)NCCN1C(=O)NC2(CCCC2)C1=O. The molecule has 0 atom stereocenters. The maximum atomic E-state index is 12.2. The van der Waals surface area contributed by atoms with Crippen molar-refractivity contribution in [1.29, 1.82) is 0 Å². The smallest absolute Gasteiger partial charge is 0.325 e. The first kappa shape index (κ1) is 12.6. The molecule has 6 heteroatoms. The van der Waals surface area contributed by atoms with E-state index >= 15 is 0 Å². The average Bonchev–Trinajstić information content (AvgIpc) is 2.90. The Morgan fingerprint density at radius 3 is 2.72 bits per heavy atom. The third-order valence-corrected chi connectivity index (χ3v) is 3.52. The van der Waals surface area contributed by atoms with Gasteiger partial charge in [-0.05, 0) is 18.9 Å². The Morgan fingerprint density at radius 1 is 1.44 bits per heavy atom. The average molecular weight is 251 g/mol. The van der Waals surface area contributed by atoms with E-state index in [0.717, 1.165) is 18.9 Å². The van der Waals surface area contributed by atoms with E-state index in [-0.39, 0.29) is 30.9 Å². The van der Waals surface area contributed by atoms with Gasteiger partial charge < -0.3 is 10.6 Å². The van der Waals surface area contributed by atoms with Gasteiger partial charge in [0.2, 0.25) is 5.91 Å². The van der Waals surface area contributed by atoms with Gasteiger partial charge in [0.05, 0.1) is 0 Å². The summed E-state index contributed by atoms with van der Waals surface area (Å²) in [5.41, 5.74) is -0.667. The van der Waals surface area contributed by atoms with Gasteiger partial charge in [-0.2, -0.15) is 0 Å². The van der Waals surface area contributed by atoms with Crippen LogP contribution in [0.4, 0.5) is 4.79 Å². The summed E-state index contributed by atoms with van der Waals surface area (Å²) in [7, 11) is 0.